The molecule has 1 aliphatic carbocycles. The van der Waals surface area contributed by atoms with E-state index in [2.05, 4.69) is 65.0 Å². The number of hydrogen-bond donors (Lipinski definition) is 3. The first-order valence-electron chi connectivity index (χ1n) is 11.6. The molecule has 1 saturated carbocycles. The van der Waals surface area contributed by atoms with Gasteiger partial charge >= 0.3 is 6.03 Å². The van der Waals surface area contributed by atoms with Gasteiger partial charge in [0.15, 0.2) is 0 Å². The van der Waals surface area contributed by atoms with Crippen LogP contribution in [0.2, 0.25) is 0 Å². The first kappa shape index (κ1) is 24.7. The SMILES string of the molecule is CC(C)/C(=N/N)N1C=C(Sc2ccccc2CNC(=O)NCC2CCC(C#N)CC2)C=CC1. The van der Waals surface area contributed by atoms with Gasteiger partial charge in [-0.1, -0.05) is 49.9 Å². The molecule has 0 saturated heterocycles. The number of nitrogens with two attached hydrogens (primary N) is 1. The van der Waals surface area contributed by atoms with Crippen LogP contribution in [0.5, 0.6) is 0 Å². The van der Waals surface area contributed by atoms with Gasteiger partial charge in [0, 0.05) is 47.5 Å². The summed E-state index contributed by atoms with van der Waals surface area (Å²) in [4.78, 5) is 16.6. The molecule has 0 unspecified atom stereocenters. The molecule has 0 aromatic heterocycles. The molecule has 0 atom stereocenters. The summed E-state index contributed by atoms with van der Waals surface area (Å²) in [6.45, 7) is 6.02. The van der Waals surface area contributed by atoms with Crippen molar-refractivity contribution in [2.75, 3.05) is 13.1 Å². The van der Waals surface area contributed by atoms with Gasteiger partial charge in [0.05, 0.1) is 6.07 Å². The van der Waals surface area contributed by atoms with Crippen LogP contribution in [0.25, 0.3) is 0 Å². The summed E-state index contributed by atoms with van der Waals surface area (Å²) in [5.41, 5.74) is 1.06. The van der Waals surface area contributed by atoms with Gasteiger partial charge in [-0.3, -0.25) is 0 Å². The predicted octanol–water partition coefficient (Wildman–Crippen LogP) is 4.55. The van der Waals surface area contributed by atoms with Crippen LogP contribution in [0, 0.1) is 29.1 Å². The third kappa shape index (κ3) is 7.29. The summed E-state index contributed by atoms with van der Waals surface area (Å²) in [5.74, 6) is 7.34. The van der Waals surface area contributed by atoms with Gasteiger partial charge in [0.25, 0.3) is 0 Å². The minimum atomic E-state index is -0.152. The summed E-state index contributed by atoms with van der Waals surface area (Å²) in [6.07, 6.45) is 10.2. The molecule has 1 aliphatic heterocycles. The zero-order valence-electron chi connectivity index (χ0n) is 19.5. The number of carbonyl (C=O) groups excluding carboxylic acids is 1. The molecule has 1 fully saturated rings. The van der Waals surface area contributed by atoms with Crippen molar-refractivity contribution in [1.29, 1.82) is 5.26 Å². The van der Waals surface area contributed by atoms with E-state index in [0.717, 1.165) is 53.4 Å². The molecular weight excluding hydrogens is 432 g/mol. The molecule has 2 aliphatic rings. The fraction of sp³-hybridized carbons (Fsp3) is 0.480. The number of allylic oxidation sites excluding steroid dienone is 1. The summed E-state index contributed by atoms with van der Waals surface area (Å²) < 4.78 is 0. The number of nitriles is 1. The van der Waals surface area contributed by atoms with Crippen LogP contribution in [0.15, 0.2) is 57.5 Å². The number of amides is 2. The average molecular weight is 467 g/mol. The van der Waals surface area contributed by atoms with E-state index >= 15 is 0 Å². The highest BCUT2D eigenvalue weighted by atomic mass is 32.2. The van der Waals surface area contributed by atoms with Crippen LogP contribution in [0.4, 0.5) is 4.79 Å². The van der Waals surface area contributed by atoms with Crippen LogP contribution in [0.1, 0.15) is 45.1 Å². The molecule has 4 N–H and O–H groups in total. The fourth-order valence-corrected chi connectivity index (χ4v) is 5.17. The van der Waals surface area contributed by atoms with Gasteiger partial charge < -0.3 is 21.4 Å². The standard InChI is InChI=1S/C25H34N6OS/c1-18(2)24(30-27)31-13-5-7-22(17-31)33-23-8-4-3-6-21(23)16-29-25(32)28-15-20-11-9-19(14-26)10-12-20/h3-8,17-20H,9-13,15-16,27H2,1-2H3,(H2,28,29,32)/b30-24-. The lowest BCUT2D eigenvalue weighted by Crippen LogP contribution is -2.38. The van der Waals surface area contributed by atoms with Crippen LogP contribution in [-0.2, 0) is 6.54 Å². The monoisotopic (exact) mass is 466 g/mol. The maximum atomic E-state index is 12.4. The first-order valence-corrected chi connectivity index (χ1v) is 12.4. The summed E-state index contributed by atoms with van der Waals surface area (Å²) in [5, 5.41) is 19.0. The Kier molecular flexibility index (Phi) is 9.25. The second kappa shape index (κ2) is 12.4. The number of carbonyl (C=O) groups is 1. The Morgan fingerprint density at radius 3 is 2.73 bits per heavy atom. The smallest absolute Gasteiger partial charge is 0.315 e. The van der Waals surface area contributed by atoms with Crippen molar-refractivity contribution in [3.63, 3.8) is 0 Å². The Labute approximate surface area is 201 Å². The normalized spacial score (nSPS) is 20.8. The van der Waals surface area contributed by atoms with E-state index in [1.165, 1.54) is 0 Å². The summed E-state index contributed by atoms with van der Waals surface area (Å²) in [6, 6.07) is 10.3. The lowest BCUT2D eigenvalue weighted by molar-refractivity contribution is 0.234. The van der Waals surface area contributed by atoms with Gasteiger partial charge in [-0.05, 0) is 49.3 Å². The fourth-order valence-electron chi connectivity index (χ4n) is 4.15. The number of benzene rings is 1. The molecule has 2 amide bonds. The van der Waals surface area contributed by atoms with Crippen molar-refractivity contribution in [2.45, 2.75) is 51.0 Å². The molecule has 7 nitrogen and oxygen atoms in total. The highest BCUT2D eigenvalue weighted by Gasteiger charge is 2.21. The maximum Gasteiger partial charge on any atom is 0.315 e. The van der Waals surface area contributed by atoms with E-state index in [9.17, 15) is 4.79 Å². The molecule has 8 heteroatoms. The molecule has 1 heterocycles. The second-order valence-electron chi connectivity index (χ2n) is 8.85. The molecule has 0 radical (unpaired) electrons. The number of nitrogens with one attached hydrogen (secondary N) is 2. The van der Waals surface area contributed by atoms with E-state index in [1.54, 1.807) is 11.8 Å². The Balaban J connectivity index is 1.53. The minimum absolute atomic E-state index is 0.152. The third-order valence-electron chi connectivity index (χ3n) is 6.03. The molecule has 33 heavy (non-hydrogen) atoms. The number of rotatable bonds is 7. The van der Waals surface area contributed by atoms with Crippen molar-refractivity contribution >= 4 is 23.6 Å². The number of urea groups is 1. The van der Waals surface area contributed by atoms with Crippen molar-refractivity contribution < 1.29 is 4.79 Å². The third-order valence-corrected chi connectivity index (χ3v) is 7.13. The molecule has 3 rings (SSSR count). The quantitative estimate of drug-likeness (QED) is 0.237. The number of thioether (sulfide) groups is 1. The van der Waals surface area contributed by atoms with E-state index in [0.29, 0.717) is 19.0 Å². The summed E-state index contributed by atoms with van der Waals surface area (Å²) in [7, 11) is 0. The molecule has 0 spiro atoms. The molecule has 1 aromatic carbocycles. The lowest BCUT2D eigenvalue weighted by atomic mass is 9.83. The molecule has 176 valence electrons. The number of hydrogen-bond acceptors (Lipinski definition) is 5. The number of nitrogens with zero attached hydrogens (tertiary/aromatic N) is 3. The number of hydrazone groups is 1. The highest BCUT2D eigenvalue weighted by Crippen LogP contribution is 2.32. The topological polar surface area (TPSA) is 107 Å². The molecule has 1 aromatic rings. The zero-order chi connectivity index (χ0) is 23.6. The first-order chi connectivity index (χ1) is 16.0. The Bertz CT molecular complexity index is 940. The van der Waals surface area contributed by atoms with Gasteiger partial charge in [-0.2, -0.15) is 10.4 Å². The van der Waals surface area contributed by atoms with Crippen LogP contribution < -0.4 is 16.5 Å². The number of amidine groups is 1. The maximum absolute atomic E-state index is 12.4. The van der Waals surface area contributed by atoms with Crippen molar-refractivity contribution in [3.8, 4) is 6.07 Å². The van der Waals surface area contributed by atoms with Crippen LogP contribution in [-0.4, -0.2) is 29.9 Å². The Morgan fingerprint density at radius 2 is 2.03 bits per heavy atom. The lowest BCUT2D eigenvalue weighted by Gasteiger charge is -2.26. The van der Waals surface area contributed by atoms with E-state index in [4.69, 9.17) is 11.1 Å². The van der Waals surface area contributed by atoms with Crippen molar-refractivity contribution in [2.24, 2.45) is 28.7 Å². The Morgan fingerprint density at radius 1 is 1.27 bits per heavy atom. The van der Waals surface area contributed by atoms with E-state index in [1.807, 2.05) is 18.2 Å². The van der Waals surface area contributed by atoms with Crippen LogP contribution in [0.3, 0.4) is 0 Å². The summed E-state index contributed by atoms with van der Waals surface area (Å²) >= 11 is 1.66. The zero-order valence-corrected chi connectivity index (χ0v) is 20.3. The van der Waals surface area contributed by atoms with Gasteiger partial charge in [-0.15, -0.1) is 0 Å². The Hall–Kier alpha value is -2.92. The van der Waals surface area contributed by atoms with Crippen molar-refractivity contribution in [3.05, 3.63) is 53.1 Å². The highest BCUT2D eigenvalue weighted by molar-refractivity contribution is 8.03. The average Bonchev–Trinajstić information content (AvgIpc) is 2.83. The van der Waals surface area contributed by atoms with Gasteiger partial charge in [0.2, 0.25) is 0 Å². The molecular formula is C25H34N6OS. The van der Waals surface area contributed by atoms with Crippen LogP contribution >= 0.6 is 11.8 Å². The molecule has 0 bridgehead atoms. The second-order valence-corrected chi connectivity index (χ2v) is 9.96. The largest absolute Gasteiger partial charge is 0.338 e. The van der Waals surface area contributed by atoms with Crippen molar-refractivity contribution in [1.82, 2.24) is 15.5 Å². The van der Waals surface area contributed by atoms with Gasteiger partial charge in [0.1, 0.15) is 5.84 Å². The predicted molar refractivity (Wildman–Crippen MR) is 134 cm³/mol. The van der Waals surface area contributed by atoms with E-state index < -0.39 is 0 Å². The van der Waals surface area contributed by atoms with E-state index in [-0.39, 0.29) is 17.9 Å². The van der Waals surface area contributed by atoms with Gasteiger partial charge in [-0.25, -0.2) is 4.79 Å². The minimum Gasteiger partial charge on any atom is -0.338 e.